The van der Waals surface area contributed by atoms with Gasteiger partial charge in [-0.05, 0) is 19.1 Å². The van der Waals surface area contributed by atoms with Gasteiger partial charge in [-0.25, -0.2) is 0 Å². The number of carbonyl (C=O) groups is 2. The van der Waals surface area contributed by atoms with E-state index in [-0.39, 0.29) is 23.7 Å². The average Bonchev–Trinajstić information content (AvgIpc) is 2.67. The molecule has 0 bridgehead atoms. The molecule has 0 aliphatic carbocycles. The number of rotatable bonds is 3. The standard InChI is InChI=1S/C12H12N2O3S/c1-8-11(16)14-12(18-8)13-10(15)7-17-9-5-3-2-4-6-9/h2-6,8H,7H2,1H3,(H,13,14,15,16)/t8-/m1/s1. The molecule has 5 nitrogen and oxygen atoms in total. The third-order valence-corrected chi connectivity index (χ3v) is 3.18. The van der Waals surface area contributed by atoms with Crippen LogP contribution in [0.1, 0.15) is 6.92 Å². The maximum atomic E-state index is 11.5. The van der Waals surface area contributed by atoms with Gasteiger partial charge in [0.1, 0.15) is 5.75 Å². The second-order valence-electron chi connectivity index (χ2n) is 3.67. The van der Waals surface area contributed by atoms with Gasteiger partial charge in [-0.15, -0.1) is 0 Å². The summed E-state index contributed by atoms with van der Waals surface area (Å²) in [5.74, 6) is 0.0735. The average molecular weight is 264 g/mol. The minimum atomic E-state index is -0.327. The Morgan fingerprint density at radius 3 is 2.78 bits per heavy atom. The van der Waals surface area contributed by atoms with Gasteiger partial charge in [0, 0.05) is 0 Å². The van der Waals surface area contributed by atoms with Gasteiger partial charge in [0.2, 0.25) is 0 Å². The zero-order valence-corrected chi connectivity index (χ0v) is 10.6. The number of amidine groups is 1. The number of carbonyl (C=O) groups excluding carboxylic acids is 2. The van der Waals surface area contributed by atoms with Crippen LogP contribution in [0.5, 0.6) is 5.75 Å². The van der Waals surface area contributed by atoms with Crippen molar-refractivity contribution in [3.05, 3.63) is 30.3 Å². The molecule has 1 aromatic carbocycles. The lowest BCUT2D eigenvalue weighted by Crippen LogP contribution is -2.32. The summed E-state index contributed by atoms with van der Waals surface area (Å²) < 4.78 is 5.27. The van der Waals surface area contributed by atoms with E-state index in [0.717, 1.165) is 0 Å². The second kappa shape index (κ2) is 5.68. The van der Waals surface area contributed by atoms with E-state index in [2.05, 4.69) is 10.3 Å². The van der Waals surface area contributed by atoms with Gasteiger partial charge >= 0.3 is 0 Å². The molecule has 1 aromatic rings. The Labute approximate surface area is 109 Å². The van der Waals surface area contributed by atoms with Crippen molar-refractivity contribution in [2.75, 3.05) is 6.61 Å². The quantitative estimate of drug-likeness (QED) is 0.890. The van der Waals surface area contributed by atoms with Crippen molar-refractivity contribution < 1.29 is 14.3 Å². The largest absolute Gasteiger partial charge is 0.484 e. The highest BCUT2D eigenvalue weighted by Crippen LogP contribution is 2.19. The van der Waals surface area contributed by atoms with Crippen LogP contribution in [0.2, 0.25) is 0 Å². The summed E-state index contributed by atoms with van der Waals surface area (Å²) in [7, 11) is 0. The maximum Gasteiger partial charge on any atom is 0.263 e. The smallest absolute Gasteiger partial charge is 0.263 e. The van der Waals surface area contributed by atoms with E-state index < -0.39 is 0 Å². The maximum absolute atomic E-state index is 11.5. The van der Waals surface area contributed by atoms with Crippen LogP contribution in [0.25, 0.3) is 0 Å². The normalized spacial score (nSPS) is 18.4. The van der Waals surface area contributed by atoms with Crippen molar-refractivity contribution in [2.24, 2.45) is 4.99 Å². The Morgan fingerprint density at radius 2 is 2.17 bits per heavy atom. The van der Waals surface area contributed by atoms with Gasteiger partial charge in [0.05, 0.1) is 5.25 Å². The van der Waals surface area contributed by atoms with Crippen molar-refractivity contribution in [1.29, 1.82) is 0 Å². The number of hydrogen-bond acceptors (Lipinski definition) is 4. The number of para-hydroxylation sites is 1. The molecular weight excluding hydrogens is 252 g/mol. The molecule has 0 saturated heterocycles. The van der Waals surface area contributed by atoms with Crippen LogP contribution in [-0.4, -0.2) is 28.8 Å². The van der Waals surface area contributed by atoms with E-state index in [1.165, 1.54) is 11.8 Å². The Bertz CT molecular complexity index is 487. The molecule has 2 rings (SSSR count). The molecule has 94 valence electrons. The number of benzene rings is 1. The first-order valence-electron chi connectivity index (χ1n) is 5.42. The SMILES string of the molecule is C[C@H]1SC(NC(=O)COc2ccccc2)=NC1=O. The lowest BCUT2D eigenvalue weighted by Gasteiger charge is -2.06. The third-order valence-electron chi connectivity index (χ3n) is 2.21. The molecule has 1 N–H and O–H groups in total. The Hall–Kier alpha value is -1.82. The van der Waals surface area contributed by atoms with E-state index in [9.17, 15) is 9.59 Å². The molecule has 0 saturated carbocycles. The molecule has 0 aromatic heterocycles. The highest BCUT2D eigenvalue weighted by molar-refractivity contribution is 8.15. The molecule has 0 unspecified atom stereocenters. The van der Waals surface area contributed by atoms with Gasteiger partial charge in [-0.1, -0.05) is 30.0 Å². The van der Waals surface area contributed by atoms with Crippen molar-refractivity contribution in [1.82, 2.24) is 5.32 Å². The zero-order chi connectivity index (χ0) is 13.0. The van der Waals surface area contributed by atoms with Crippen LogP contribution in [0.4, 0.5) is 0 Å². The minimum Gasteiger partial charge on any atom is -0.484 e. The van der Waals surface area contributed by atoms with Crippen LogP contribution in [0.15, 0.2) is 35.3 Å². The van der Waals surface area contributed by atoms with E-state index in [0.29, 0.717) is 10.9 Å². The number of nitrogens with zero attached hydrogens (tertiary/aromatic N) is 1. The molecule has 1 aliphatic rings. The van der Waals surface area contributed by atoms with Crippen LogP contribution in [0.3, 0.4) is 0 Å². The molecule has 1 heterocycles. The van der Waals surface area contributed by atoms with E-state index in [1.54, 1.807) is 19.1 Å². The molecule has 0 spiro atoms. The molecule has 1 atom stereocenters. The molecule has 2 amide bonds. The van der Waals surface area contributed by atoms with E-state index >= 15 is 0 Å². The number of amides is 2. The summed E-state index contributed by atoms with van der Waals surface area (Å²) in [6.45, 7) is 1.64. The van der Waals surface area contributed by atoms with Crippen LogP contribution in [0, 0.1) is 0 Å². The number of thioether (sulfide) groups is 1. The van der Waals surface area contributed by atoms with Gasteiger partial charge < -0.3 is 10.1 Å². The van der Waals surface area contributed by atoms with Crippen LogP contribution in [-0.2, 0) is 9.59 Å². The van der Waals surface area contributed by atoms with Crippen LogP contribution < -0.4 is 10.1 Å². The number of nitrogens with one attached hydrogen (secondary N) is 1. The first-order valence-corrected chi connectivity index (χ1v) is 6.30. The summed E-state index contributed by atoms with van der Waals surface area (Å²) in [5, 5.41) is 2.65. The molecule has 18 heavy (non-hydrogen) atoms. The van der Waals surface area contributed by atoms with Crippen molar-refractivity contribution in [3.8, 4) is 5.75 Å². The summed E-state index contributed by atoms with van der Waals surface area (Å²) >= 11 is 1.24. The Morgan fingerprint density at radius 1 is 1.44 bits per heavy atom. The second-order valence-corrected chi connectivity index (χ2v) is 4.99. The predicted molar refractivity (Wildman–Crippen MR) is 69.6 cm³/mol. The van der Waals surface area contributed by atoms with Gasteiger partial charge in [0.25, 0.3) is 11.8 Å². The Kier molecular flexibility index (Phi) is 3.99. The summed E-state index contributed by atoms with van der Waals surface area (Å²) in [5.41, 5.74) is 0. The molecular formula is C12H12N2O3S. The van der Waals surface area contributed by atoms with Crippen LogP contribution >= 0.6 is 11.8 Å². The van der Waals surface area contributed by atoms with Crippen molar-refractivity contribution in [3.63, 3.8) is 0 Å². The van der Waals surface area contributed by atoms with Crippen molar-refractivity contribution in [2.45, 2.75) is 12.2 Å². The van der Waals surface area contributed by atoms with E-state index in [4.69, 9.17) is 4.74 Å². The van der Waals surface area contributed by atoms with E-state index in [1.807, 2.05) is 18.2 Å². The fourth-order valence-electron chi connectivity index (χ4n) is 1.31. The summed E-state index contributed by atoms with van der Waals surface area (Å²) in [4.78, 5) is 26.4. The first-order chi connectivity index (χ1) is 8.65. The fraction of sp³-hybridized carbons (Fsp3) is 0.250. The zero-order valence-electron chi connectivity index (χ0n) is 9.75. The third kappa shape index (κ3) is 3.33. The number of ether oxygens (including phenoxy) is 1. The fourth-order valence-corrected chi connectivity index (χ4v) is 2.12. The highest BCUT2D eigenvalue weighted by Gasteiger charge is 2.25. The van der Waals surface area contributed by atoms with Gasteiger partial charge in [-0.2, -0.15) is 4.99 Å². The van der Waals surface area contributed by atoms with Gasteiger partial charge in [-0.3, -0.25) is 9.59 Å². The molecule has 0 radical (unpaired) electrons. The lowest BCUT2D eigenvalue weighted by atomic mass is 10.3. The molecule has 1 aliphatic heterocycles. The number of aliphatic imine (C=N–C) groups is 1. The highest BCUT2D eigenvalue weighted by atomic mass is 32.2. The van der Waals surface area contributed by atoms with Crippen molar-refractivity contribution >= 4 is 28.7 Å². The molecule has 6 heteroatoms. The monoisotopic (exact) mass is 264 g/mol. The summed E-state index contributed by atoms with van der Waals surface area (Å²) in [6.07, 6.45) is 0. The van der Waals surface area contributed by atoms with Gasteiger partial charge in [0.15, 0.2) is 11.8 Å². The lowest BCUT2D eigenvalue weighted by molar-refractivity contribution is -0.121. The summed E-state index contributed by atoms with van der Waals surface area (Å²) in [6, 6.07) is 9.04. The topological polar surface area (TPSA) is 67.8 Å². The predicted octanol–water partition coefficient (Wildman–Crippen LogP) is 1.20. The molecule has 0 fully saturated rings. The Balaban J connectivity index is 1.80. The number of hydrogen-bond donors (Lipinski definition) is 1. The first kappa shape index (κ1) is 12.6. The minimum absolute atomic E-state index is 0.105.